The molecule has 17 heavy (non-hydrogen) atoms. The lowest BCUT2D eigenvalue weighted by Crippen LogP contribution is -2.26. The summed E-state index contributed by atoms with van der Waals surface area (Å²) >= 11 is 0. The van der Waals surface area contributed by atoms with Gasteiger partial charge in [0, 0.05) is 12.7 Å². The normalized spacial score (nSPS) is 11.5. The molecular weight excluding hydrogens is 223 g/mol. The summed E-state index contributed by atoms with van der Waals surface area (Å²) < 4.78 is 18.4. The molecule has 0 saturated carbocycles. The Morgan fingerprint density at radius 2 is 2.12 bits per heavy atom. The lowest BCUT2D eigenvalue weighted by Gasteiger charge is -2.19. The molecule has 1 aromatic rings. The summed E-state index contributed by atoms with van der Waals surface area (Å²) in [6.45, 7) is 3.46. The van der Waals surface area contributed by atoms with Crippen LogP contribution in [0.15, 0.2) is 18.2 Å². The van der Waals surface area contributed by atoms with Crippen LogP contribution in [0.5, 0.6) is 0 Å². The molecule has 0 spiro atoms. The molecule has 0 amide bonds. The predicted molar refractivity (Wildman–Crippen MR) is 62.2 cm³/mol. The van der Waals surface area contributed by atoms with Crippen molar-refractivity contribution in [3.63, 3.8) is 0 Å². The summed E-state index contributed by atoms with van der Waals surface area (Å²) in [6.07, 6.45) is 0.298. The number of ether oxygens (including phenoxy) is 1. The van der Waals surface area contributed by atoms with E-state index in [0.29, 0.717) is 17.5 Å². The second-order valence-electron chi connectivity index (χ2n) is 4.72. The van der Waals surface area contributed by atoms with Gasteiger partial charge in [0.25, 0.3) is 0 Å². The SMILES string of the molecule is COCc1ccc(CC(C)(C)C(=O)O)cc1F. The van der Waals surface area contributed by atoms with E-state index in [1.807, 2.05) is 0 Å². The Kier molecular flexibility index (Phi) is 4.23. The van der Waals surface area contributed by atoms with Gasteiger partial charge in [-0.1, -0.05) is 12.1 Å². The highest BCUT2D eigenvalue weighted by Gasteiger charge is 2.27. The monoisotopic (exact) mass is 240 g/mol. The average Bonchev–Trinajstić information content (AvgIpc) is 2.21. The highest BCUT2D eigenvalue weighted by atomic mass is 19.1. The Morgan fingerprint density at radius 1 is 1.47 bits per heavy atom. The molecule has 1 N–H and O–H groups in total. The van der Waals surface area contributed by atoms with Crippen molar-refractivity contribution in [2.24, 2.45) is 5.41 Å². The van der Waals surface area contributed by atoms with Crippen LogP contribution >= 0.6 is 0 Å². The Hall–Kier alpha value is -1.42. The highest BCUT2D eigenvalue weighted by Crippen LogP contribution is 2.23. The number of carbonyl (C=O) groups is 1. The minimum Gasteiger partial charge on any atom is -0.481 e. The zero-order valence-electron chi connectivity index (χ0n) is 10.3. The van der Waals surface area contributed by atoms with Crippen LogP contribution in [0.2, 0.25) is 0 Å². The molecule has 0 atom stereocenters. The van der Waals surface area contributed by atoms with Crippen LogP contribution in [0.3, 0.4) is 0 Å². The Bertz CT molecular complexity index is 413. The predicted octanol–water partition coefficient (Wildman–Crippen LogP) is 2.63. The maximum atomic E-state index is 13.6. The second-order valence-corrected chi connectivity index (χ2v) is 4.72. The van der Waals surface area contributed by atoms with Crippen molar-refractivity contribution >= 4 is 5.97 Å². The van der Waals surface area contributed by atoms with Crippen LogP contribution in [0.4, 0.5) is 4.39 Å². The smallest absolute Gasteiger partial charge is 0.309 e. The van der Waals surface area contributed by atoms with Crippen molar-refractivity contribution in [1.82, 2.24) is 0 Å². The lowest BCUT2D eigenvalue weighted by molar-refractivity contribution is -0.146. The molecule has 0 aromatic heterocycles. The maximum absolute atomic E-state index is 13.6. The van der Waals surface area contributed by atoms with Gasteiger partial charge in [-0.25, -0.2) is 4.39 Å². The molecule has 1 rings (SSSR count). The second kappa shape index (κ2) is 5.27. The van der Waals surface area contributed by atoms with Crippen LogP contribution in [0, 0.1) is 11.2 Å². The minimum atomic E-state index is -0.894. The van der Waals surface area contributed by atoms with Crippen molar-refractivity contribution in [2.45, 2.75) is 26.9 Å². The molecule has 0 fully saturated rings. The van der Waals surface area contributed by atoms with Gasteiger partial charge in [-0.3, -0.25) is 4.79 Å². The van der Waals surface area contributed by atoms with Crippen molar-refractivity contribution in [3.8, 4) is 0 Å². The summed E-state index contributed by atoms with van der Waals surface area (Å²) in [5.41, 5.74) is 0.258. The van der Waals surface area contributed by atoms with Gasteiger partial charge in [-0.2, -0.15) is 0 Å². The number of hydrogen-bond donors (Lipinski definition) is 1. The molecule has 0 saturated heterocycles. The molecule has 0 bridgehead atoms. The number of benzene rings is 1. The third kappa shape index (κ3) is 3.53. The van der Waals surface area contributed by atoms with Crippen LogP contribution < -0.4 is 0 Å². The molecule has 0 heterocycles. The largest absolute Gasteiger partial charge is 0.481 e. The summed E-state index contributed by atoms with van der Waals surface area (Å²) in [5, 5.41) is 9.00. The van der Waals surface area contributed by atoms with Gasteiger partial charge in [0.15, 0.2) is 0 Å². The molecule has 94 valence electrons. The molecular formula is C13H17FO3. The number of methoxy groups -OCH3 is 1. The van der Waals surface area contributed by atoms with Crippen molar-refractivity contribution in [3.05, 3.63) is 35.1 Å². The highest BCUT2D eigenvalue weighted by molar-refractivity contribution is 5.74. The fraction of sp³-hybridized carbons (Fsp3) is 0.462. The van der Waals surface area contributed by atoms with Gasteiger partial charge in [-0.05, 0) is 31.9 Å². The fourth-order valence-electron chi connectivity index (χ4n) is 1.56. The lowest BCUT2D eigenvalue weighted by atomic mass is 9.86. The molecule has 0 aliphatic heterocycles. The quantitative estimate of drug-likeness (QED) is 0.860. The van der Waals surface area contributed by atoms with Gasteiger partial charge >= 0.3 is 5.97 Å². The Morgan fingerprint density at radius 3 is 2.59 bits per heavy atom. The maximum Gasteiger partial charge on any atom is 0.309 e. The van der Waals surface area contributed by atoms with Gasteiger partial charge in [0.1, 0.15) is 5.82 Å². The molecule has 0 aliphatic carbocycles. The number of hydrogen-bond acceptors (Lipinski definition) is 2. The van der Waals surface area contributed by atoms with Gasteiger partial charge in [0.05, 0.1) is 12.0 Å². The summed E-state index contributed by atoms with van der Waals surface area (Å²) in [4.78, 5) is 11.0. The first-order valence-corrected chi connectivity index (χ1v) is 5.36. The topological polar surface area (TPSA) is 46.5 Å². The van der Waals surface area contributed by atoms with Crippen LogP contribution in [-0.4, -0.2) is 18.2 Å². The number of carboxylic acid groups (broad SMARTS) is 1. The number of halogens is 1. The van der Waals surface area contributed by atoms with E-state index in [2.05, 4.69) is 0 Å². The number of aliphatic carboxylic acids is 1. The van der Waals surface area contributed by atoms with Crippen molar-refractivity contribution in [2.75, 3.05) is 7.11 Å². The Labute approximate surface area is 100 Å². The average molecular weight is 240 g/mol. The molecule has 4 heteroatoms. The van der Waals surface area contributed by atoms with E-state index < -0.39 is 11.4 Å². The summed E-state index contributed by atoms with van der Waals surface area (Å²) in [6, 6.07) is 4.74. The van der Waals surface area contributed by atoms with Crippen LogP contribution in [-0.2, 0) is 22.6 Å². The first kappa shape index (κ1) is 13.6. The van der Waals surface area contributed by atoms with Crippen molar-refractivity contribution in [1.29, 1.82) is 0 Å². The van der Waals surface area contributed by atoms with Gasteiger partial charge in [-0.15, -0.1) is 0 Å². The first-order valence-electron chi connectivity index (χ1n) is 5.36. The van der Waals surface area contributed by atoms with Gasteiger partial charge in [0.2, 0.25) is 0 Å². The molecule has 0 unspecified atom stereocenters. The van der Waals surface area contributed by atoms with Crippen molar-refractivity contribution < 1.29 is 19.0 Å². The number of rotatable bonds is 5. The third-order valence-corrected chi connectivity index (χ3v) is 2.64. The van der Waals surface area contributed by atoms with Crippen LogP contribution in [0.25, 0.3) is 0 Å². The summed E-state index contributed by atoms with van der Waals surface area (Å²) in [5.74, 6) is -1.25. The van der Waals surface area contributed by atoms with Crippen LogP contribution in [0.1, 0.15) is 25.0 Å². The minimum absolute atomic E-state index is 0.217. The molecule has 0 radical (unpaired) electrons. The van der Waals surface area contributed by atoms with Gasteiger partial charge < -0.3 is 9.84 Å². The van der Waals surface area contributed by atoms with E-state index in [1.54, 1.807) is 26.0 Å². The fourth-order valence-corrected chi connectivity index (χ4v) is 1.56. The standard InChI is InChI=1S/C13H17FO3/c1-13(2,12(15)16)7-9-4-5-10(8-17-3)11(14)6-9/h4-6H,7-8H2,1-3H3,(H,15,16). The zero-order valence-corrected chi connectivity index (χ0v) is 10.3. The Balaban J connectivity index is 2.87. The first-order chi connectivity index (χ1) is 7.86. The molecule has 1 aromatic carbocycles. The molecule has 3 nitrogen and oxygen atoms in total. The summed E-state index contributed by atoms with van der Waals surface area (Å²) in [7, 11) is 1.50. The molecule has 0 aliphatic rings. The van der Waals surface area contributed by atoms with E-state index in [0.717, 1.165) is 0 Å². The number of carboxylic acids is 1. The third-order valence-electron chi connectivity index (χ3n) is 2.64. The zero-order chi connectivity index (χ0) is 13.1. The van der Waals surface area contributed by atoms with E-state index in [1.165, 1.54) is 13.2 Å². The van der Waals surface area contributed by atoms with E-state index in [4.69, 9.17) is 9.84 Å². The van der Waals surface area contributed by atoms with E-state index in [-0.39, 0.29) is 12.4 Å². The van der Waals surface area contributed by atoms with E-state index >= 15 is 0 Å². The van der Waals surface area contributed by atoms with E-state index in [9.17, 15) is 9.18 Å².